The van der Waals surface area contributed by atoms with Gasteiger partial charge in [-0.2, -0.15) is 4.37 Å². The first-order chi connectivity index (χ1) is 11.6. The number of fused-ring (bicyclic) bond motifs is 1. The molecule has 3 aromatic rings. The van der Waals surface area contributed by atoms with E-state index in [0.29, 0.717) is 21.8 Å². The van der Waals surface area contributed by atoms with Crippen LogP contribution in [0.3, 0.4) is 0 Å². The maximum atomic E-state index is 13.1. The van der Waals surface area contributed by atoms with E-state index in [4.69, 9.17) is 0 Å². The van der Waals surface area contributed by atoms with Crippen molar-refractivity contribution < 1.29 is 4.39 Å². The lowest BCUT2D eigenvalue weighted by Gasteiger charge is -2.29. The van der Waals surface area contributed by atoms with Crippen LogP contribution in [0.15, 0.2) is 35.4 Å². The van der Waals surface area contributed by atoms with Crippen molar-refractivity contribution in [1.82, 2.24) is 13.9 Å². The Morgan fingerprint density at radius 3 is 2.71 bits per heavy atom. The van der Waals surface area contributed by atoms with E-state index in [-0.39, 0.29) is 17.4 Å². The molecule has 2 atom stereocenters. The molecule has 0 N–H and O–H groups in total. The third kappa shape index (κ3) is 2.55. The van der Waals surface area contributed by atoms with E-state index in [1.54, 1.807) is 23.0 Å². The summed E-state index contributed by atoms with van der Waals surface area (Å²) in [6.07, 6.45) is 6.23. The van der Waals surface area contributed by atoms with Crippen molar-refractivity contribution in [1.29, 1.82) is 0 Å². The Kier molecular flexibility index (Phi) is 3.92. The fourth-order valence-electron chi connectivity index (χ4n) is 3.58. The number of halogens is 1. The summed E-state index contributed by atoms with van der Waals surface area (Å²) < 4.78 is 19.9. The first-order valence-corrected chi connectivity index (χ1v) is 9.05. The quantitative estimate of drug-likeness (QED) is 0.692. The first kappa shape index (κ1) is 15.4. The Balaban J connectivity index is 1.81. The zero-order chi connectivity index (χ0) is 16.7. The summed E-state index contributed by atoms with van der Waals surface area (Å²) in [4.78, 5) is 17.4. The second kappa shape index (κ2) is 6.09. The topological polar surface area (TPSA) is 47.8 Å². The maximum Gasteiger partial charge on any atom is 0.273 e. The predicted octanol–water partition coefficient (Wildman–Crippen LogP) is 4.41. The highest BCUT2D eigenvalue weighted by Crippen LogP contribution is 2.33. The van der Waals surface area contributed by atoms with Crippen LogP contribution in [-0.4, -0.2) is 13.9 Å². The molecule has 6 heteroatoms. The van der Waals surface area contributed by atoms with Gasteiger partial charge in [-0.05, 0) is 54.6 Å². The monoisotopic (exact) mass is 343 g/mol. The van der Waals surface area contributed by atoms with Crippen LogP contribution in [0.4, 0.5) is 4.39 Å². The molecular weight excluding hydrogens is 325 g/mol. The number of nitrogens with zero attached hydrogens (tertiary/aromatic N) is 3. The molecule has 0 bridgehead atoms. The van der Waals surface area contributed by atoms with Gasteiger partial charge in [-0.1, -0.05) is 19.8 Å². The van der Waals surface area contributed by atoms with Gasteiger partial charge >= 0.3 is 0 Å². The molecule has 0 unspecified atom stereocenters. The molecule has 1 aromatic carbocycles. The molecule has 1 fully saturated rings. The predicted molar refractivity (Wildman–Crippen MR) is 93.7 cm³/mol. The van der Waals surface area contributed by atoms with Crippen molar-refractivity contribution in [2.24, 2.45) is 5.92 Å². The van der Waals surface area contributed by atoms with Crippen molar-refractivity contribution in [2.45, 2.75) is 38.6 Å². The van der Waals surface area contributed by atoms with Crippen LogP contribution < -0.4 is 5.56 Å². The van der Waals surface area contributed by atoms with Gasteiger partial charge in [0.25, 0.3) is 5.56 Å². The molecule has 0 saturated heterocycles. The summed E-state index contributed by atoms with van der Waals surface area (Å²) in [6, 6.07) is 6.34. The first-order valence-electron chi connectivity index (χ1n) is 8.27. The van der Waals surface area contributed by atoms with Gasteiger partial charge in [0.05, 0.1) is 6.33 Å². The molecule has 2 aromatic heterocycles. The largest absolute Gasteiger partial charge is 0.295 e. The van der Waals surface area contributed by atoms with E-state index in [9.17, 15) is 9.18 Å². The lowest BCUT2D eigenvalue weighted by atomic mass is 9.86. The second-order valence-electron chi connectivity index (χ2n) is 6.50. The van der Waals surface area contributed by atoms with Gasteiger partial charge < -0.3 is 0 Å². The zero-order valence-corrected chi connectivity index (χ0v) is 14.2. The van der Waals surface area contributed by atoms with E-state index in [0.717, 1.165) is 24.8 Å². The van der Waals surface area contributed by atoms with Gasteiger partial charge in [0.1, 0.15) is 21.7 Å². The molecule has 2 heterocycles. The molecule has 124 valence electrons. The lowest BCUT2D eigenvalue weighted by Crippen LogP contribution is -2.30. The van der Waals surface area contributed by atoms with E-state index >= 15 is 0 Å². The van der Waals surface area contributed by atoms with Gasteiger partial charge in [0, 0.05) is 11.6 Å². The lowest BCUT2D eigenvalue weighted by molar-refractivity contribution is 0.251. The molecule has 1 aliphatic rings. The van der Waals surface area contributed by atoms with Gasteiger partial charge in [0.15, 0.2) is 0 Å². The fourth-order valence-corrected chi connectivity index (χ4v) is 4.37. The molecule has 0 spiro atoms. The van der Waals surface area contributed by atoms with Crippen LogP contribution in [0.5, 0.6) is 0 Å². The van der Waals surface area contributed by atoms with Crippen LogP contribution in [-0.2, 0) is 0 Å². The van der Waals surface area contributed by atoms with Gasteiger partial charge in [-0.3, -0.25) is 9.36 Å². The molecule has 4 rings (SSSR count). The van der Waals surface area contributed by atoms with Crippen LogP contribution >= 0.6 is 11.5 Å². The summed E-state index contributed by atoms with van der Waals surface area (Å²) in [5.41, 5.74) is 2.02. The third-order valence-corrected chi connectivity index (χ3v) is 5.77. The highest BCUT2D eigenvalue weighted by molar-refractivity contribution is 7.13. The summed E-state index contributed by atoms with van der Waals surface area (Å²) >= 11 is 1.18. The zero-order valence-electron chi connectivity index (χ0n) is 13.4. The van der Waals surface area contributed by atoms with Crippen LogP contribution in [0.1, 0.15) is 38.6 Å². The number of aromatic nitrogens is 3. The van der Waals surface area contributed by atoms with Crippen molar-refractivity contribution in [3.05, 3.63) is 46.8 Å². The minimum Gasteiger partial charge on any atom is -0.295 e. The Hall–Kier alpha value is -2.08. The van der Waals surface area contributed by atoms with Gasteiger partial charge in [0.2, 0.25) is 0 Å². The fraction of sp³-hybridized carbons (Fsp3) is 0.389. The molecule has 0 aliphatic heterocycles. The van der Waals surface area contributed by atoms with Crippen molar-refractivity contribution in [2.75, 3.05) is 0 Å². The SMILES string of the molecule is C[C@H]1CCCC[C@@H]1n1cnc2c(-c3ccc(F)cc3)nsc2c1=O. The normalized spacial score (nSPS) is 21.2. The number of hydrogen-bond acceptors (Lipinski definition) is 4. The second-order valence-corrected chi connectivity index (χ2v) is 7.28. The van der Waals surface area contributed by atoms with E-state index in [2.05, 4.69) is 16.3 Å². The van der Waals surface area contributed by atoms with Gasteiger partial charge in [-0.25, -0.2) is 9.37 Å². The molecule has 4 nitrogen and oxygen atoms in total. The average molecular weight is 343 g/mol. The summed E-state index contributed by atoms with van der Waals surface area (Å²) in [6.45, 7) is 2.21. The van der Waals surface area contributed by atoms with Crippen LogP contribution in [0.2, 0.25) is 0 Å². The Bertz CT molecular complexity index is 932. The third-order valence-electron chi connectivity index (χ3n) is 4.95. The minimum atomic E-state index is -0.292. The molecule has 0 amide bonds. The Morgan fingerprint density at radius 1 is 1.21 bits per heavy atom. The molecule has 24 heavy (non-hydrogen) atoms. The Morgan fingerprint density at radius 2 is 1.96 bits per heavy atom. The molecule has 1 aliphatic carbocycles. The summed E-state index contributed by atoms with van der Waals surface area (Å²) in [7, 11) is 0. The van der Waals surface area contributed by atoms with Crippen LogP contribution in [0.25, 0.3) is 21.5 Å². The summed E-state index contributed by atoms with van der Waals surface area (Å²) in [5, 5.41) is 0. The van der Waals surface area contributed by atoms with E-state index in [1.165, 1.54) is 30.1 Å². The molecular formula is C18H18FN3OS. The standard InChI is InChI=1S/C18H18FN3OS/c1-11-4-2-3-5-14(11)22-10-20-16-15(21-24-17(16)18(22)23)12-6-8-13(19)9-7-12/h6-11,14H,2-5H2,1H3/t11-,14-/m0/s1. The van der Waals surface area contributed by atoms with Crippen molar-refractivity contribution >= 4 is 21.7 Å². The minimum absolute atomic E-state index is 0.00962. The van der Waals surface area contributed by atoms with Crippen molar-refractivity contribution in [3.8, 4) is 11.3 Å². The maximum absolute atomic E-state index is 13.1. The molecule has 0 radical (unpaired) electrons. The smallest absolute Gasteiger partial charge is 0.273 e. The van der Waals surface area contributed by atoms with Crippen molar-refractivity contribution in [3.63, 3.8) is 0 Å². The number of benzene rings is 1. The Labute approximate surface area is 143 Å². The van der Waals surface area contributed by atoms with Gasteiger partial charge in [-0.15, -0.1) is 0 Å². The van der Waals surface area contributed by atoms with E-state index < -0.39 is 0 Å². The summed E-state index contributed by atoms with van der Waals surface area (Å²) in [5.74, 6) is 0.195. The number of hydrogen-bond donors (Lipinski definition) is 0. The molecule has 1 saturated carbocycles. The average Bonchev–Trinajstić information content (AvgIpc) is 3.02. The number of rotatable bonds is 2. The highest BCUT2D eigenvalue weighted by Gasteiger charge is 2.25. The highest BCUT2D eigenvalue weighted by atomic mass is 32.1. The van der Waals surface area contributed by atoms with E-state index in [1.807, 2.05) is 0 Å². The van der Waals surface area contributed by atoms with Crippen LogP contribution in [0, 0.1) is 11.7 Å².